The number of hydrogen-bond donors (Lipinski definition) is 2. The zero-order valence-electron chi connectivity index (χ0n) is 19.7. The van der Waals surface area contributed by atoms with E-state index in [1.807, 2.05) is 18.0 Å². The second-order valence-electron chi connectivity index (χ2n) is 8.22. The molecule has 11 heteroatoms. The lowest BCUT2D eigenvalue weighted by molar-refractivity contribution is 0.170. The summed E-state index contributed by atoms with van der Waals surface area (Å²) in [6.45, 7) is 0.641. The fourth-order valence-electron chi connectivity index (χ4n) is 4.78. The third kappa shape index (κ3) is 3.46. The minimum atomic E-state index is -0.820. The summed E-state index contributed by atoms with van der Waals surface area (Å²) >= 11 is 0. The van der Waals surface area contributed by atoms with E-state index in [1.54, 1.807) is 18.2 Å². The summed E-state index contributed by atoms with van der Waals surface area (Å²) in [5, 5.41) is 11.5. The Hall–Kier alpha value is -4.12. The van der Waals surface area contributed by atoms with E-state index in [9.17, 15) is 14.7 Å². The highest BCUT2D eigenvalue weighted by atomic mass is 16.7. The van der Waals surface area contributed by atoms with Gasteiger partial charge >= 0.3 is 5.69 Å². The molecule has 0 amide bonds. The Labute approximate surface area is 200 Å². The lowest BCUT2D eigenvalue weighted by atomic mass is 9.87. The Morgan fingerprint density at radius 3 is 2.57 bits per heavy atom. The van der Waals surface area contributed by atoms with Crippen molar-refractivity contribution in [3.05, 3.63) is 61.8 Å². The van der Waals surface area contributed by atoms with Crippen molar-refractivity contribution in [1.82, 2.24) is 14.5 Å². The monoisotopic (exact) mass is 483 g/mol. The molecule has 0 saturated heterocycles. The first-order chi connectivity index (χ1) is 16.9. The van der Waals surface area contributed by atoms with Crippen molar-refractivity contribution in [3.8, 4) is 40.3 Å². The Kier molecular flexibility index (Phi) is 5.56. The molecule has 0 unspecified atom stereocenters. The first kappa shape index (κ1) is 22.7. The van der Waals surface area contributed by atoms with E-state index >= 15 is 0 Å². The van der Waals surface area contributed by atoms with Crippen molar-refractivity contribution in [1.29, 1.82) is 0 Å². The van der Waals surface area contributed by atoms with Crippen LogP contribution in [-0.4, -0.2) is 61.3 Å². The molecule has 1 atom stereocenters. The van der Waals surface area contributed by atoms with Gasteiger partial charge in [0, 0.05) is 18.2 Å². The number of rotatable bonds is 5. The van der Waals surface area contributed by atoms with Crippen LogP contribution in [0.2, 0.25) is 0 Å². The van der Waals surface area contributed by atoms with Crippen LogP contribution >= 0.6 is 0 Å². The van der Waals surface area contributed by atoms with E-state index in [2.05, 4.69) is 4.98 Å². The first-order valence-electron chi connectivity index (χ1n) is 10.9. The normalized spacial score (nSPS) is 16.6. The van der Waals surface area contributed by atoms with Crippen LogP contribution in [0.25, 0.3) is 5.69 Å². The van der Waals surface area contributed by atoms with E-state index in [1.165, 1.54) is 21.3 Å². The highest BCUT2D eigenvalue weighted by molar-refractivity contribution is 5.64. The van der Waals surface area contributed by atoms with Gasteiger partial charge in [0.1, 0.15) is 11.5 Å². The lowest BCUT2D eigenvalue weighted by Gasteiger charge is -2.36. The van der Waals surface area contributed by atoms with Gasteiger partial charge in [-0.1, -0.05) is 0 Å². The molecule has 3 heterocycles. The van der Waals surface area contributed by atoms with Gasteiger partial charge in [-0.15, -0.1) is 0 Å². The predicted molar refractivity (Wildman–Crippen MR) is 125 cm³/mol. The van der Waals surface area contributed by atoms with E-state index < -0.39 is 23.2 Å². The first-order valence-corrected chi connectivity index (χ1v) is 10.9. The molecule has 2 aliphatic heterocycles. The van der Waals surface area contributed by atoms with Gasteiger partial charge in [-0.25, -0.2) is 9.36 Å². The van der Waals surface area contributed by atoms with Gasteiger partial charge < -0.3 is 28.8 Å². The predicted octanol–water partition coefficient (Wildman–Crippen LogP) is 1.56. The van der Waals surface area contributed by atoms with Gasteiger partial charge in [-0.05, 0) is 37.2 Å². The van der Waals surface area contributed by atoms with Crippen LogP contribution in [0.1, 0.15) is 22.7 Å². The molecule has 0 bridgehead atoms. The van der Waals surface area contributed by atoms with Crippen LogP contribution in [-0.2, 0) is 6.42 Å². The van der Waals surface area contributed by atoms with Crippen LogP contribution in [0.15, 0.2) is 33.9 Å². The number of H-pyrrole nitrogens is 1. The molecule has 0 spiro atoms. The maximum atomic E-state index is 13.2. The average molecular weight is 483 g/mol. The standard InChI is InChI=1S/C24H25N3O8/c1-26-8-7-12-9-16-20(35-11-34-16)21(33-4)17(12)19(26)18-22(28)25-24(30)27(23(18)29)14-10-13(31-2)5-6-15(14)32-3/h5-6,9-10,19,29H,7-8,11H2,1-4H3,(H,25,28,30)/t19-/m1/s1. The number of nitrogens with one attached hydrogen (secondary N) is 1. The molecule has 2 aliphatic rings. The van der Waals surface area contributed by atoms with Gasteiger partial charge in [-0.2, -0.15) is 0 Å². The Balaban J connectivity index is 1.80. The van der Waals surface area contributed by atoms with Crippen molar-refractivity contribution >= 4 is 0 Å². The quantitative estimate of drug-likeness (QED) is 0.556. The molecule has 0 saturated carbocycles. The number of aromatic nitrogens is 2. The van der Waals surface area contributed by atoms with Crippen LogP contribution < -0.4 is 34.9 Å². The van der Waals surface area contributed by atoms with Gasteiger partial charge in [0.25, 0.3) is 5.56 Å². The lowest BCUT2D eigenvalue weighted by Crippen LogP contribution is -2.39. The van der Waals surface area contributed by atoms with Crippen molar-refractivity contribution < 1.29 is 28.8 Å². The molecule has 2 aromatic carbocycles. The van der Waals surface area contributed by atoms with Crippen LogP contribution in [0.5, 0.6) is 34.6 Å². The van der Waals surface area contributed by atoms with Crippen molar-refractivity contribution in [2.75, 3.05) is 41.7 Å². The minimum Gasteiger partial charge on any atom is -0.497 e. The van der Waals surface area contributed by atoms with Gasteiger partial charge in [0.15, 0.2) is 11.5 Å². The average Bonchev–Trinajstić information content (AvgIpc) is 3.32. The van der Waals surface area contributed by atoms with Crippen molar-refractivity contribution in [2.45, 2.75) is 12.5 Å². The second-order valence-corrected chi connectivity index (χ2v) is 8.22. The smallest absolute Gasteiger partial charge is 0.335 e. The summed E-state index contributed by atoms with van der Waals surface area (Å²) in [6.07, 6.45) is 0.664. The van der Waals surface area contributed by atoms with Gasteiger partial charge in [-0.3, -0.25) is 14.7 Å². The second kappa shape index (κ2) is 8.58. The summed E-state index contributed by atoms with van der Waals surface area (Å²) in [6, 6.07) is 5.94. The number of aromatic hydroxyl groups is 1. The molecule has 0 fully saturated rings. The minimum absolute atomic E-state index is 0.0184. The summed E-state index contributed by atoms with van der Waals surface area (Å²) in [5.74, 6) is 1.64. The summed E-state index contributed by atoms with van der Waals surface area (Å²) in [4.78, 5) is 30.4. The zero-order chi connectivity index (χ0) is 24.9. The van der Waals surface area contributed by atoms with Crippen LogP contribution in [0, 0.1) is 0 Å². The molecule has 184 valence electrons. The Bertz CT molecular complexity index is 1430. The molecular formula is C24H25N3O8. The van der Waals surface area contributed by atoms with Crippen LogP contribution in [0.4, 0.5) is 0 Å². The van der Waals surface area contributed by atoms with E-state index in [0.717, 1.165) is 10.1 Å². The molecule has 2 N–H and O–H groups in total. The molecule has 11 nitrogen and oxygen atoms in total. The molecule has 0 aliphatic carbocycles. The molecule has 35 heavy (non-hydrogen) atoms. The van der Waals surface area contributed by atoms with E-state index in [-0.39, 0.29) is 18.0 Å². The number of nitrogens with zero attached hydrogens (tertiary/aromatic N) is 2. The van der Waals surface area contributed by atoms with Gasteiger partial charge in [0.2, 0.25) is 18.4 Å². The number of ether oxygens (including phenoxy) is 5. The highest BCUT2D eigenvalue weighted by Gasteiger charge is 2.38. The number of methoxy groups -OCH3 is 3. The fraction of sp³-hybridized carbons (Fsp3) is 0.333. The SMILES string of the molecule is COc1ccc(OC)c(-n2c(O)c([C@H]3c4c(cc5c(c4OC)OCO5)CCN3C)c(=O)[nH]c2=O)c1. The third-order valence-corrected chi connectivity index (χ3v) is 6.42. The summed E-state index contributed by atoms with van der Waals surface area (Å²) in [7, 11) is 6.27. The zero-order valence-corrected chi connectivity index (χ0v) is 19.7. The van der Waals surface area contributed by atoms with Crippen LogP contribution in [0.3, 0.4) is 0 Å². The molecule has 1 aromatic heterocycles. The van der Waals surface area contributed by atoms with E-state index in [0.29, 0.717) is 47.3 Å². The molecule has 0 radical (unpaired) electrons. The molecule has 3 aromatic rings. The third-order valence-electron chi connectivity index (χ3n) is 6.42. The summed E-state index contributed by atoms with van der Waals surface area (Å²) in [5.41, 5.74) is 0.214. The highest BCUT2D eigenvalue weighted by Crippen LogP contribution is 2.51. The van der Waals surface area contributed by atoms with Crippen molar-refractivity contribution in [2.24, 2.45) is 0 Å². The maximum Gasteiger partial charge on any atom is 0.335 e. The Morgan fingerprint density at radius 2 is 1.86 bits per heavy atom. The number of aromatic amines is 1. The fourth-order valence-corrected chi connectivity index (χ4v) is 4.78. The summed E-state index contributed by atoms with van der Waals surface area (Å²) < 4.78 is 28.6. The largest absolute Gasteiger partial charge is 0.497 e. The topological polar surface area (TPSA) is 124 Å². The molecule has 5 rings (SSSR count). The number of hydrogen-bond acceptors (Lipinski definition) is 9. The number of fused-ring (bicyclic) bond motifs is 2. The maximum absolute atomic E-state index is 13.2. The Morgan fingerprint density at radius 1 is 1.06 bits per heavy atom. The van der Waals surface area contributed by atoms with Gasteiger partial charge in [0.05, 0.1) is 38.6 Å². The number of benzene rings is 2. The van der Waals surface area contributed by atoms with Crippen molar-refractivity contribution in [3.63, 3.8) is 0 Å². The van der Waals surface area contributed by atoms with E-state index in [4.69, 9.17) is 23.7 Å². The molecular weight excluding hydrogens is 458 g/mol. The number of likely N-dealkylation sites (N-methyl/N-ethyl adjacent to an activating group) is 1.